The van der Waals surface area contributed by atoms with Crippen LogP contribution < -0.4 is 0 Å². The van der Waals surface area contributed by atoms with E-state index in [0.717, 1.165) is 36.2 Å². The van der Waals surface area contributed by atoms with Gasteiger partial charge < -0.3 is 5.11 Å². The molecule has 1 unspecified atom stereocenters. The zero-order chi connectivity index (χ0) is 15.4. The fourth-order valence-electron chi connectivity index (χ4n) is 2.89. The molecule has 1 heterocycles. The number of hydrogen-bond donors (Lipinski definition) is 1. The highest BCUT2D eigenvalue weighted by atomic mass is 16.3. The van der Waals surface area contributed by atoms with Gasteiger partial charge in [-0.1, -0.05) is 44.5 Å². The number of aryl methyl sites for hydroxylation is 2. The second-order valence-corrected chi connectivity index (χ2v) is 5.69. The number of aromatic nitrogens is 2. The standard InChI is InChI=1S/C18H26N2O/c1-5-7-15-8-10-16(11-9-15)18(21)12-20-14(4)17(6-2)13(3)19-20/h8-11,18,21H,5-7,12H2,1-4H3. The van der Waals surface area contributed by atoms with Gasteiger partial charge in [0, 0.05) is 5.69 Å². The van der Waals surface area contributed by atoms with E-state index in [0.29, 0.717) is 6.54 Å². The van der Waals surface area contributed by atoms with Gasteiger partial charge in [-0.2, -0.15) is 5.10 Å². The van der Waals surface area contributed by atoms with Crippen LogP contribution in [0.4, 0.5) is 0 Å². The van der Waals surface area contributed by atoms with Crippen LogP contribution in [0.2, 0.25) is 0 Å². The highest BCUT2D eigenvalue weighted by Crippen LogP contribution is 2.20. The SMILES string of the molecule is CCCc1ccc(C(O)Cn2nc(C)c(CC)c2C)cc1. The van der Waals surface area contributed by atoms with Crippen LogP contribution >= 0.6 is 0 Å². The van der Waals surface area contributed by atoms with Gasteiger partial charge in [0.25, 0.3) is 0 Å². The third-order valence-corrected chi connectivity index (χ3v) is 4.13. The smallest absolute Gasteiger partial charge is 0.0985 e. The first-order valence-corrected chi connectivity index (χ1v) is 7.86. The second kappa shape index (κ2) is 6.90. The molecule has 2 aromatic rings. The largest absolute Gasteiger partial charge is 0.386 e. The van der Waals surface area contributed by atoms with Crippen molar-refractivity contribution in [3.05, 3.63) is 52.3 Å². The van der Waals surface area contributed by atoms with Gasteiger partial charge in [0.2, 0.25) is 0 Å². The lowest BCUT2D eigenvalue weighted by atomic mass is 10.0. The fraction of sp³-hybridized carbons (Fsp3) is 0.500. The molecule has 0 aliphatic rings. The molecule has 0 spiro atoms. The monoisotopic (exact) mass is 286 g/mol. The summed E-state index contributed by atoms with van der Waals surface area (Å²) in [6.07, 6.45) is 2.71. The molecule has 3 heteroatoms. The maximum Gasteiger partial charge on any atom is 0.0985 e. The summed E-state index contributed by atoms with van der Waals surface area (Å²) in [5, 5.41) is 15.0. The molecule has 0 amide bonds. The summed E-state index contributed by atoms with van der Waals surface area (Å²) in [6, 6.07) is 8.28. The number of benzene rings is 1. The molecule has 1 N–H and O–H groups in total. The molecule has 0 radical (unpaired) electrons. The minimum Gasteiger partial charge on any atom is -0.386 e. The Labute approximate surface area is 127 Å². The molecule has 0 aliphatic carbocycles. The van der Waals surface area contributed by atoms with E-state index in [4.69, 9.17) is 0 Å². The van der Waals surface area contributed by atoms with Gasteiger partial charge in [0.05, 0.1) is 18.3 Å². The molecule has 0 saturated carbocycles. The molecule has 0 aliphatic heterocycles. The molecule has 0 fully saturated rings. The molecule has 1 aromatic heterocycles. The molecule has 1 aromatic carbocycles. The van der Waals surface area contributed by atoms with E-state index in [2.05, 4.69) is 38.0 Å². The van der Waals surface area contributed by atoms with Crippen LogP contribution in [0.1, 0.15) is 54.5 Å². The maximum atomic E-state index is 10.4. The third-order valence-electron chi connectivity index (χ3n) is 4.13. The lowest BCUT2D eigenvalue weighted by Crippen LogP contribution is -2.11. The second-order valence-electron chi connectivity index (χ2n) is 5.69. The highest BCUT2D eigenvalue weighted by Gasteiger charge is 2.14. The van der Waals surface area contributed by atoms with Gasteiger partial charge in [-0.25, -0.2) is 0 Å². The summed E-state index contributed by atoms with van der Waals surface area (Å²) in [6.45, 7) is 8.95. The summed E-state index contributed by atoms with van der Waals surface area (Å²) in [5.41, 5.74) is 5.81. The Hall–Kier alpha value is -1.61. The molecular formula is C18H26N2O. The third kappa shape index (κ3) is 3.53. The number of nitrogens with zero attached hydrogens (tertiary/aromatic N) is 2. The van der Waals surface area contributed by atoms with Crippen molar-refractivity contribution >= 4 is 0 Å². The normalized spacial score (nSPS) is 12.6. The molecule has 114 valence electrons. The topological polar surface area (TPSA) is 38.0 Å². The van der Waals surface area contributed by atoms with E-state index < -0.39 is 6.10 Å². The van der Waals surface area contributed by atoms with E-state index in [-0.39, 0.29) is 0 Å². The average Bonchev–Trinajstić information content (AvgIpc) is 2.74. The molecule has 0 bridgehead atoms. The van der Waals surface area contributed by atoms with Gasteiger partial charge in [-0.15, -0.1) is 0 Å². The van der Waals surface area contributed by atoms with E-state index in [1.54, 1.807) is 0 Å². The van der Waals surface area contributed by atoms with Crippen molar-refractivity contribution in [2.75, 3.05) is 0 Å². The number of rotatable bonds is 6. The Kier molecular flexibility index (Phi) is 5.18. The van der Waals surface area contributed by atoms with Crippen LogP contribution in [0, 0.1) is 13.8 Å². The van der Waals surface area contributed by atoms with Crippen LogP contribution in [-0.4, -0.2) is 14.9 Å². The Morgan fingerprint density at radius 3 is 2.33 bits per heavy atom. The first-order chi connectivity index (χ1) is 10.1. The van der Waals surface area contributed by atoms with Gasteiger partial charge in [-0.3, -0.25) is 4.68 Å². The number of aliphatic hydroxyl groups is 1. The first kappa shape index (κ1) is 15.8. The van der Waals surface area contributed by atoms with Gasteiger partial charge in [0.1, 0.15) is 0 Å². The highest BCUT2D eigenvalue weighted by molar-refractivity contribution is 5.26. The van der Waals surface area contributed by atoms with Crippen LogP contribution in [0.15, 0.2) is 24.3 Å². The minimum absolute atomic E-state index is 0.511. The quantitative estimate of drug-likeness (QED) is 0.878. The van der Waals surface area contributed by atoms with Gasteiger partial charge in [-0.05, 0) is 43.4 Å². The maximum absolute atomic E-state index is 10.4. The van der Waals surface area contributed by atoms with E-state index >= 15 is 0 Å². The molecule has 3 nitrogen and oxygen atoms in total. The van der Waals surface area contributed by atoms with E-state index in [1.807, 2.05) is 23.7 Å². The Morgan fingerprint density at radius 2 is 1.81 bits per heavy atom. The Balaban J connectivity index is 2.12. The van der Waals surface area contributed by atoms with E-state index in [1.165, 1.54) is 11.1 Å². The summed E-state index contributed by atoms with van der Waals surface area (Å²) in [4.78, 5) is 0. The van der Waals surface area contributed by atoms with Crippen LogP contribution in [0.25, 0.3) is 0 Å². The predicted octanol–water partition coefficient (Wildman–Crippen LogP) is 3.75. The van der Waals surface area contributed by atoms with Crippen molar-refractivity contribution in [1.29, 1.82) is 0 Å². The van der Waals surface area contributed by atoms with Crippen LogP contribution in [-0.2, 0) is 19.4 Å². The van der Waals surface area contributed by atoms with E-state index in [9.17, 15) is 5.11 Å². The lowest BCUT2D eigenvalue weighted by Gasteiger charge is -2.13. The summed E-state index contributed by atoms with van der Waals surface area (Å²) < 4.78 is 1.93. The molecule has 21 heavy (non-hydrogen) atoms. The first-order valence-electron chi connectivity index (χ1n) is 7.86. The van der Waals surface area contributed by atoms with Crippen molar-refractivity contribution in [3.8, 4) is 0 Å². The summed E-state index contributed by atoms with van der Waals surface area (Å²) >= 11 is 0. The summed E-state index contributed by atoms with van der Waals surface area (Å²) in [7, 11) is 0. The number of hydrogen-bond acceptors (Lipinski definition) is 2. The number of aliphatic hydroxyl groups excluding tert-OH is 1. The molecule has 2 rings (SSSR count). The lowest BCUT2D eigenvalue weighted by molar-refractivity contribution is 0.150. The Morgan fingerprint density at radius 1 is 1.14 bits per heavy atom. The summed E-state index contributed by atoms with van der Waals surface area (Å²) in [5.74, 6) is 0. The fourth-order valence-corrected chi connectivity index (χ4v) is 2.89. The van der Waals surface area contributed by atoms with Crippen molar-refractivity contribution in [1.82, 2.24) is 9.78 Å². The van der Waals surface area contributed by atoms with Crippen LogP contribution in [0.5, 0.6) is 0 Å². The zero-order valence-corrected chi connectivity index (χ0v) is 13.6. The zero-order valence-electron chi connectivity index (χ0n) is 13.6. The van der Waals surface area contributed by atoms with Crippen molar-refractivity contribution < 1.29 is 5.11 Å². The minimum atomic E-state index is -0.511. The Bertz CT molecular complexity index is 584. The predicted molar refractivity (Wildman–Crippen MR) is 86.5 cm³/mol. The van der Waals surface area contributed by atoms with Crippen molar-refractivity contribution in [3.63, 3.8) is 0 Å². The average molecular weight is 286 g/mol. The van der Waals surface area contributed by atoms with Crippen molar-refractivity contribution in [2.24, 2.45) is 0 Å². The van der Waals surface area contributed by atoms with Gasteiger partial charge in [0.15, 0.2) is 0 Å². The van der Waals surface area contributed by atoms with Crippen LogP contribution in [0.3, 0.4) is 0 Å². The molecular weight excluding hydrogens is 260 g/mol. The molecule has 1 atom stereocenters. The van der Waals surface area contributed by atoms with Crippen molar-refractivity contribution in [2.45, 2.75) is 59.6 Å². The van der Waals surface area contributed by atoms with Gasteiger partial charge >= 0.3 is 0 Å². The molecule has 0 saturated heterocycles.